The highest BCUT2D eigenvalue weighted by atomic mass is 32.2. The van der Waals surface area contributed by atoms with Crippen LogP contribution in [0.4, 0.5) is 0 Å². The number of carbonyl (C=O) groups is 4. The van der Waals surface area contributed by atoms with Gasteiger partial charge in [0.2, 0.25) is 5.91 Å². The maximum Gasteiger partial charge on any atom is 0.324 e. The monoisotopic (exact) mass is 326 g/mol. The lowest BCUT2D eigenvalue weighted by Gasteiger charge is -2.48. The molecule has 1 fully saturated rings. The first-order chi connectivity index (χ1) is 10.1. The third-order valence-electron chi connectivity index (χ3n) is 3.06. The molecule has 0 aliphatic carbocycles. The van der Waals surface area contributed by atoms with Gasteiger partial charge in [-0.3, -0.25) is 19.2 Å². The molecule has 1 N–H and O–H groups in total. The van der Waals surface area contributed by atoms with Gasteiger partial charge in [-0.25, -0.2) is 0 Å². The van der Waals surface area contributed by atoms with Crippen molar-refractivity contribution in [1.82, 2.24) is 10.2 Å². The molecule has 2 aliphatic rings. The molecule has 2 unspecified atom stereocenters. The zero-order chi connectivity index (χ0) is 16.7. The molecular weight excluding hydrogens is 308 g/mol. The number of esters is 1. The fraction of sp³-hybridized carbons (Fsp3) is 0.571. The number of nitrogens with one attached hydrogen (secondary N) is 1. The van der Waals surface area contributed by atoms with Crippen LogP contribution in [-0.2, 0) is 23.9 Å². The summed E-state index contributed by atoms with van der Waals surface area (Å²) in [6.45, 7) is 6.54. The van der Waals surface area contributed by atoms with Gasteiger partial charge >= 0.3 is 5.97 Å². The van der Waals surface area contributed by atoms with Gasteiger partial charge in [-0.1, -0.05) is 0 Å². The fourth-order valence-electron chi connectivity index (χ4n) is 2.21. The van der Waals surface area contributed by atoms with E-state index in [2.05, 4.69) is 5.32 Å². The van der Waals surface area contributed by atoms with Crippen LogP contribution in [0.2, 0.25) is 0 Å². The minimum Gasteiger partial charge on any atom is -0.459 e. The van der Waals surface area contributed by atoms with E-state index >= 15 is 0 Å². The van der Waals surface area contributed by atoms with Gasteiger partial charge in [-0.15, -0.1) is 11.8 Å². The minimum atomic E-state index is -0.803. The van der Waals surface area contributed by atoms with Gasteiger partial charge in [0, 0.05) is 18.7 Å². The summed E-state index contributed by atoms with van der Waals surface area (Å²) in [6.07, 6.45) is 1.92. The van der Waals surface area contributed by atoms with E-state index in [4.69, 9.17) is 4.74 Å². The lowest BCUT2D eigenvalue weighted by Crippen LogP contribution is -2.69. The first-order valence-electron chi connectivity index (χ1n) is 6.78. The molecule has 3 atom stereocenters. The first kappa shape index (κ1) is 16.5. The molecule has 0 bridgehead atoms. The third kappa shape index (κ3) is 3.16. The van der Waals surface area contributed by atoms with Crippen molar-refractivity contribution in [2.24, 2.45) is 0 Å². The van der Waals surface area contributed by atoms with E-state index in [-0.39, 0.29) is 17.4 Å². The van der Waals surface area contributed by atoms with Crippen molar-refractivity contribution in [3.05, 3.63) is 11.8 Å². The number of thioether (sulfide) groups is 1. The molecule has 2 amide bonds. The van der Waals surface area contributed by atoms with Gasteiger partial charge in [-0.05, 0) is 20.8 Å². The van der Waals surface area contributed by atoms with Crippen molar-refractivity contribution < 1.29 is 23.9 Å². The van der Waals surface area contributed by atoms with E-state index < -0.39 is 28.2 Å². The summed E-state index contributed by atoms with van der Waals surface area (Å²) in [6, 6.07) is -0.683. The summed E-state index contributed by atoms with van der Waals surface area (Å²) in [7, 11) is 0. The van der Waals surface area contributed by atoms with Crippen LogP contribution < -0.4 is 5.32 Å². The summed E-state index contributed by atoms with van der Waals surface area (Å²) in [5, 5.41) is 1.34. The summed E-state index contributed by atoms with van der Waals surface area (Å²) >= 11 is 1.13. The van der Waals surface area contributed by atoms with Gasteiger partial charge in [0.25, 0.3) is 5.91 Å². The number of carbonyl (C=O) groups excluding carboxylic acids is 4. The largest absolute Gasteiger partial charge is 0.459 e. The number of fused-ring (bicyclic) bond motifs is 1. The van der Waals surface area contributed by atoms with E-state index in [0.717, 1.165) is 11.8 Å². The van der Waals surface area contributed by atoms with E-state index in [1.165, 1.54) is 18.0 Å². The second kappa shape index (κ2) is 5.75. The van der Waals surface area contributed by atoms with Crippen molar-refractivity contribution in [1.29, 1.82) is 0 Å². The van der Waals surface area contributed by atoms with Crippen LogP contribution in [0.25, 0.3) is 0 Å². The smallest absolute Gasteiger partial charge is 0.324 e. The number of rotatable bonds is 3. The Labute approximate surface area is 132 Å². The van der Waals surface area contributed by atoms with Crippen LogP contribution >= 0.6 is 11.8 Å². The molecule has 0 aromatic rings. The Morgan fingerprint density at radius 2 is 2.05 bits per heavy atom. The van der Waals surface area contributed by atoms with E-state index in [1.807, 2.05) is 0 Å². The Morgan fingerprint density at radius 3 is 2.55 bits per heavy atom. The normalized spacial score (nSPS) is 27.3. The van der Waals surface area contributed by atoms with Gasteiger partial charge in [0.15, 0.2) is 0 Å². The highest BCUT2D eigenvalue weighted by Gasteiger charge is 2.52. The predicted molar refractivity (Wildman–Crippen MR) is 79.6 cm³/mol. The Morgan fingerprint density at radius 1 is 1.41 bits per heavy atom. The zero-order valence-corrected chi connectivity index (χ0v) is 13.6. The molecule has 0 aromatic carbocycles. The van der Waals surface area contributed by atoms with Crippen molar-refractivity contribution >= 4 is 35.8 Å². The van der Waals surface area contributed by atoms with Crippen LogP contribution in [0.5, 0.6) is 0 Å². The number of hydrogen-bond donors (Lipinski definition) is 1. The van der Waals surface area contributed by atoms with E-state index in [0.29, 0.717) is 6.29 Å². The lowest BCUT2D eigenvalue weighted by molar-refractivity contribution is -0.154. The summed E-state index contributed by atoms with van der Waals surface area (Å²) in [4.78, 5) is 47.8. The van der Waals surface area contributed by atoms with Crippen LogP contribution in [0.1, 0.15) is 27.7 Å². The molecule has 0 radical (unpaired) electrons. The molecular formula is C14H18N2O5S. The second-order valence-electron chi connectivity index (χ2n) is 6.11. The van der Waals surface area contributed by atoms with E-state index in [9.17, 15) is 19.2 Å². The second-order valence-corrected chi connectivity index (χ2v) is 7.34. The molecule has 2 heterocycles. The molecule has 2 aliphatic heterocycles. The number of nitrogens with zero attached hydrogens (tertiary/aromatic N) is 1. The SMILES string of the molecule is CC(=O)NC1C(=O)N2C=C(C=O)C(C(=O)OC(C)(C)C)S[C@H]12. The molecule has 8 heteroatoms. The summed E-state index contributed by atoms with van der Waals surface area (Å²) in [5.74, 6) is -1.15. The molecule has 2 rings (SSSR count). The molecule has 7 nitrogen and oxygen atoms in total. The van der Waals surface area contributed by atoms with Gasteiger partial charge in [0.05, 0.1) is 0 Å². The highest BCUT2D eigenvalue weighted by molar-refractivity contribution is 8.01. The molecule has 0 aromatic heterocycles. The average molecular weight is 326 g/mol. The molecule has 1 saturated heterocycles. The predicted octanol–water partition coefficient (Wildman–Crippen LogP) is 0.199. The quantitative estimate of drug-likeness (QED) is 0.452. The topological polar surface area (TPSA) is 92.8 Å². The van der Waals surface area contributed by atoms with E-state index in [1.54, 1.807) is 20.8 Å². The number of β-lactam (4-membered cyclic amide) rings is 1. The number of amides is 2. The Balaban J connectivity index is 2.19. The lowest BCUT2D eigenvalue weighted by atomic mass is 10.1. The van der Waals surface area contributed by atoms with Crippen molar-refractivity contribution in [2.45, 2.75) is 50.0 Å². The number of aldehydes is 1. The fourth-order valence-corrected chi connectivity index (χ4v) is 3.55. The Kier molecular flexibility index (Phi) is 4.32. The standard InChI is InChI=1S/C14H18N2O5S/c1-7(18)15-9-11(19)16-5-8(6-17)10(22-12(9)16)13(20)21-14(2,3)4/h5-6,9-10,12H,1-4H3,(H,15,18)/t9?,10?,12-/m1/s1. The highest BCUT2D eigenvalue weighted by Crippen LogP contribution is 2.40. The zero-order valence-electron chi connectivity index (χ0n) is 12.8. The molecule has 0 spiro atoms. The van der Waals surface area contributed by atoms with Gasteiger partial charge in [0.1, 0.15) is 28.6 Å². The number of ether oxygens (including phenoxy) is 1. The maximum absolute atomic E-state index is 12.2. The summed E-state index contributed by atoms with van der Waals surface area (Å²) in [5.41, 5.74) is -0.486. The minimum absolute atomic E-state index is 0.185. The van der Waals surface area contributed by atoms with Crippen LogP contribution in [-0.4, -0.2) is 51.2 Å². The Hall–Kier alpha value is -1.83. The molecule has 22 heavy (non-hydrogen) atoms. The third-order valence-corrected chi connectivity index (χ3v) is 4.58. The van der Waals surface area contributed by atoms with Crippen molar-refractivity contribution in [2.75, 3.05) is 0 Å². The van der Waals surface area contributed by atoms with Gasteiger partial charge < -0.3 is 15.0 Å². The first-order valence-corrected chi connectivity index (χ1v) is 7.73. The summed E-state index contributed by atoms with van der Waals surface area (Å²) < 4.78 is 5.31. The molecule has 0 saturated carbocycles. The van der Waals surface area contributed by atoms with Crippen LogP contribution in [0.15, 0.2) is 11.8 Å². The number of hydrogen-bond acceptors (Lipinski definition) is 6. The maximum atomic E-state index is 12.2. The van der Waals surface area contributed by atoms with Crippen molar-refractivity contribution in [3.63, 3.8) is 0 Å². The Bertz CT molecular complexity index is 566. The molecule has 120 valence electrons. The van der Waals surface area contributed by atoms with Crippen molar-refractivity contribution in [3.8, 4) is 0 Å². The van der Waals surface area contributed by atoms with Crippen LogP contribution in [0, 0.1) is 0 Å². The van der Waals surface area contributed by atoms with Crippen LogP contribution in [0.3, 0.4) is 0 Å². The van der Waals surface area contributed by atoms with Gasteiger partial charge in [-0.2, -0.15) is 0 Å². The average Bonchev–Trinajstić information content (AvgIpc) is 2.41.